The van der Waals surface area contributed by atoms with Gasteiger partial charge in [-0.25, -0.2) is 0 Å². The Balaban J connectivity index is 2.06. The average Bonchev–Trinajstić information content (AvgIpc) is 2.92. The Morgan fingerprint density at radius 3 is 2.37 bits per heavy atom. The Morgan fingerprint density at radius 2 is 1.84 bits per heavy atom. The number of nitriles is 1. The Morgan fingerprint density at radius 1 is 1.26 bits per heavy atom. The first-order valence-electron chi connectivity index (χ1n) is 6.51. The second kappa shape index (κ2) is 5.31. The van der Waals surface area contributed by atoms with Crippen LogP contribution in [0.15, 0.2) is 24.3 Å². The van der Waals surface area contributed by atoms with Crippen molar-refractivity contribution in [1.29, 1.82) is 5.26 Å². The number of benzene rings is 1. The summed E-state index contributed by atoms with van der Waals surface area (Å²) in [6.07, 6.45) is 2.14. The van der Waals surface area contributed by atoms with Gasteiger partial charge in [-0.05, 0) is 51.0 Å². The summed E-state index contributed by atoms with van der Waals surface area (Å²) in [7, 11) is 0. The summed E-state index contributed by atoms with van der Waals surface area (Å²) >= 11 is 0. The van der Waals surface area contributed by atoms with Crippen LogP contribution in [-0.4, -0.2) is 29.5 Å². The van der Waals surface area contributed by atoms with Crippen LogP contribution in [0.5, 0.6) is 5.75 Å². The van der Waals surface area contributed by atoms with Crippen LogP contribution in [0, 0.1) is 11.3 Å². The fourth-order valence-corrected chi connectivity index (χ4v) is 2.24. The molecule has 1 aliphatic heterocycles. The van der Waals surface area contributed by atoms with Gasteiger partial charge in [0, 0.05) is 13.1 Å². The fourth-order valence-electron chi connectivity index (χ4n) is 2.24. The molecule has 0 saturated carbocycles. The van der Waals surface area contributed by atoms with E-state index in [1.807, 2.05) is 4.90 Å². The Labute approximate surface area is 113 Å². The van der Waals surface area contributed by atoms with Crippen molar-refractivity contribution >= 4 is 5.91 Å². The molecule has 0 aromatic heterocycles. The molecular weight excluding hydrogens is 240 g/mol. The highest BCUT2D eigenvalue weighted by atomic mass is 16.5. The zero-order chi connectivity index (χ0) is 13.9. The van der Waals surface area contributed by atoms with E-state index in [0.717, 1.165) is 25.9 Å². The molecule has 1 aliphatic rings. The summed E-state index contributed by atoms with van der Waals surface area (Å²) in [4.78, 5) is 14.2. The van der Waals surface area contributed by atoms with Gasteiger partial charge in [0.15, 0.2) is 5.60 Å². The van der Waals surface area contributed by atoms with Gasteiger partial charge >= 0.3 is 0 Å². The SMILES string of the molecule is CC(C)(Oc1ccc(C#N)cc1)C(=O)N1CCCC1. The lowest BCUT2D eigenvalue weighted by Gasteiger charge is -2.29. The van der Waals surface area contributed by atoms with Crippen LogP contribution < -0.4 is 4.74 Å². The normalized spacial score (nSPS) is 15.1. The molecule has 0 N–H and O–H groups in total. The van der Waals surface area contributed by atoms with Gasteiger partial charge in [-0.3, -0.25) is 4.79 Å². The smallest absolute Gasteiger partial charge is 0.266 e. The average molecular weight is 258 g/mol. The van der Waals surface area contributed by atoms with Gasteiger partial charge in [-0.1, -0.05) is 0 Å². The van der Waals surface area contributed by atoms with E-state index in [4.69, 9.17) is 10.00 Å². The number of rotatable bonds is 3. The van der Waals surface area contributed by atoms with Crippen LogP contribution in [0.3, 0.4) is 0 Å². The van der Waals surface area contributed by atoms with Gasteiger partial charge in [0.25, 0.3) is 5.91 Å². The maximum absolute atomic E-state index is 12.3. The van der Waals surface area contributed by atoms with Crippen molar-refractivity contribution in [1.82, 2.24) is 4.90 Å². The molecule has 0 spiro atoms. The Hall–Kier alpha value is -2.02. The molecule has 19 heavy (non-hydrogen) atoms. The number of carbonyl (C=O) groups is 1. The summed E-state index contributed by atoms with van der Waals surface area (Å²) in [5, 5.41) is 8.74. The predicted molar refractivity (Wildman–Crippen MR) is 71.7 cm³/mol. The maximum Gasteiger partial charge on any atom is 0.266 e. The number of ether oxygens (including phenoxy) is 1. The van der Waals surface area contributed by atoms with Gasteiger partial charge in [0.1, 0.15) is 5.75 Å². The van der Waals surface area contributed by atoms with Crippen LogP contribution in [0.1, 0.15) is 32.3 Å². The quantitative estimate of drug-likeness (QED) is 0.836. The summed E-state index contributed by atoms with van der Waals surface area (Å²) in [5.41, 5.74) is -0.297. The van der Waals surface area contributed by atoms with Crippen LogP contribution >= 0.6 is 0 Å². The molecule has 0 atom stereocenters. The predicted octanol–water partition coefficient (Wildman–Crippen LogP) is 2.34. The fraction of sp³-hybridized carbons (Fsp3) is 0.467. The number of nitrogens with zero attached hydrogens (tertiary/aromatic N) is 2. The lowest BCUT2D eigenvalue weighted by atomic mass is 10.1. The molecule has 2 rings (SSSR count). The first-order valence-corrected chi connectivity index (χ1v) is 6.51. The molecule has 100 valence electrons. The lowest BCUT2D eigenvalue weighted by molar-refractivity contribution is -0.144. The molecule has 1 saturated heterocycles. The minimum atomic E-state index is -0.876. The third-order valence-corrected chi connectivity index (χ3v) is 3.26. The third-order valence-electron chi connectivity index (χ3n) is 3.26. The molecular formula is C15H18N2O2. The van der Waals surface area contributed by atoms with E-state index in [1.165, 1.54) is 0 Å². The van der Waals surface area contributed by atoms with Gasteiger partial charge < -0.3 is 9.64 Å². The zero-order valence-corrected chi connectivity index (χ0v) is 11.3. The number of amides is 1. The van der Waals surface area contributed by atoms with Crippen LogP contribution in [0.25, 0.3) is 0 Å². The van der Waals surface area contributed by atoms with Gasteiger partial charge in [-0.15, -0.1) is 0 Å². The van der Waals surface area contributed by atoms with E-state index in [0.29, 0.717) is 11.3 Å². The zero-order valence-electron chi connectivity index (χ0n) is 11.3. The van der Waals surface area contributed by atoms with Crippen LogP contribution in [0.2, 0.25) is 0 Å². The first kappa shape index (κ1) is 13.4. The van der Waals surface area contributed by atoms with Crippen LogP contribution in [0.4, 0.5) is 0 Å². The molecule has 1 aromatic carbocycles. The molecule has 0 radical (unpaired) electrons. The molecule has 0 bridgehead atoms. The van der Waals surface area contributed by atoms with Crippen molar-refractivity contribution in [2.75, 3.05) is 13.1 Å². The van der Waals surface area contributed by atoms with Crippen molar-refractivity contribution in [2.45, 2.75) is 32.3 Å². The maximum atomic E-state index is 12.3. The third kappa shape index (κ3) is 3.05. The summed E-state index contributed by atoms with van der Waals surface area (Å²) in [6.45, 7) is 5.20. The van der Waals surface area contributed by atoms with E-state index < -0.39 is 5.60 Å². The molecule has 4 nitrogen and oxygen atoms in total. The van der Waals surface area contributed by atoms with Crippen molar-refractivity contribution in [3.8, 4) is 11.8 Å². The number of hydrogen-bond acceptors (Lipinski definition) is 3. The van der Waals surface area contributed by atoms with Crippen molar-refractivity contribution in [3.05, 3.63) is 29.8 Å². The van der Waals surface area contributed by atoms with Crippen molar-refractivity contribution < 1.29 is 9.53 Å². The second-order valence-corrected chi connectivity index (χ2v) is 5.25. The highest BCUT2D eigenvalue weighted by Gasteiger charge is 2.35. The largest absolute Gasteiger partial charge is 0.478 e. The minimum absolute atomic E-state index is 0.0226. The molecule has 4 heteroatoms. The topological polar surface area (TPSA) is 53.3 Å². The van der Waals surface area contributed by atoms with E-state index in [9.17, 15) is 4.79 Å². The lowest BCUT2D eigenvalue weighted by Crippen LogP contribution is -2.47. The van der Waals surface area contributed by atoms with E-state index in [1.54, 1.807) is 38.1 Å². The number of hydrogen-bond donors (Lipinski definition) is 0. The summed E-state index contributed by atoms with van der Waals surface area (Å²) < 4.78 is 5.77. The molecule has 1 aromatic rings. The van der Waals surface area contributed by atoms with Crippen LogP contribution in [-0.2, 0) is 4.79 Å². The molecule has 0 unspecified atom stereocenters. The Kier molecular flexibility index (Phi) is 3.75. The van der Waals surface area contributed by atoms with Crippen molar-refractivity contribution in [3.63, 3.8) is 0 Å². The highest BCUT2D eigenvalue weighted by molar-refractivity contribution is 5.85. The van der Waals surface area contributed by atoms with Crippen molar-refractivity contribution in [2.24, 2.45) is 0 Å². The van der Waals surface area contributed by atoms with Gasteiger partial charge in [-0.2, -0.15) is 5.26 Å². The number of likely N-dealkylation sites (tertiary alicyclic amines) is 1. The molecule has 1 amide bonds. The highest BCUT2D eigenvalue weighted by Crippen LogP contribution is 2.22. The molecule has 0 aliphatic carbocycles. The molecule has 1 fully saturated rings. The number of carbonyl (C=O) groups excluding carboxylic acids is 1. The first-order chi connectivity index (χ1) is 9.03. The molecule has 1 heterocycles. The van der Waals surface area contributed by atoms with E-state index in [2.05, 4.69) is 6.07 Å². The standard InChI is InChI=1S/C15H18N2O2/c1-15(2,14(18)17-9-3-4-10-17)19-13-7-5-12(11-16)6-8-13/h5-8H,3-4,9-10H2,1-2H3. The summed E-state index contributed by atoms with van der Waals surface area (Å²) in [6, 6.07) is 8.87. The monoisotopic (exact) mass is 258 g/mol. The van der Waals surface area contributed by atoms with Gasteiger partial charge in [0.05, 0.1) is 11.6 Å². The second-order valence-electron chi connectivity index (χ2n) is 5.25. The Bertz CT molecular complexity index is 494. The van der Waals surface area contributed by atoms with Gasteiger partial charge in [0.2, 0.25) is 0 Å². The van der Waals surface area contributed by atoms with E-state index in [-0.39, 0.29) is 5.91 Å². The minimum Gasteiger partial charge on any atom is -0.478 e. The summed E-state index contributed by atoms with van der Waals surface area (Å²) in [5.74, 6) is 0.630. The van der Waals surface area contributed by atoms with E-state index >= 15 is 0 Å².